The normalized spacial score (nSPS) is 16.4. The van der Waals surface area contributed by atoms with Crippen LogP contribution in [0.25, 0.3) is 0 Å². The molecule has 10 N–H and O–H groups in total. The number of aliphatic hydroxyl groups is 10. The third kappa shape index (κ3) is 7.87. The van der Waals surface area contributed by atoms with Gasteiger partial charge in [-0.15, -0.1) is 0 Å². The van der Waals surface area contributed by atoms with E-state index in [2.05, 4.69) is 0 Å². The predicted molar refractivity (Wildman–Crippen MR) is 110 cm³/mol. The van der Waals surface area contributed by atoms with E-state index in [1.54, 1.807) is 0 Å². The summed E-state index contributed by atoms with van der Waals surface area (Å²) >= 11 is 0. The molecule has 4 unspecified atom stereocenters. The fraction of sp³-hybridized carbons (Fsp3) is 0.400. The first kappa shape index (κ1) is 28.6. The Labute approximate surface area is 192 Å². The van der Waals surface area contributed by atoms with E-state index < -0.39 is 85.4 Å². The lowest BCUT2D eigenvalue weighted by Gasteiger charge is -2.16. The summed E-state index contributed by atoms with van der Waals surface area (Å²) in [5.41, 5.74) is 0. The summed E-state index contributed by atoms with van der Waals surface area (Å²) in [6.07, 6.45) is -7.90. The van der Waals surface area contributed by atoms with Crippen molar-refractivity contribution in [1.29, 1.82) is 0 Å². The van der Waals surface area contributed by atoms with Gasteiger partial charge in [0.25, 0.3) is 0 Å². The van der Waals surface area contributed by atoms with Gasteiger partial charge in [-0.05, 0) is 12.1 Å². The molecule has 190 valence electrons. The molecule has 0 aliphatic carbocycles. The number of hydrogen-bond acceptors (Lipinski definition) is 14. The Morgan fingerprint density at radius 1 is 0.706 bits per heavy atom. The van der Waals surface area contributed by atoms with Crippen molar-refractivity contribution in [3.63, 3.8) is 0 Å². The molecule has 0 radical (unpaired) electrons. The minimum atomic E-state index is -2.11. The Morgan fingerprint density at radius 3 is 1.38 bits per heavy atom. The van der Waals surface area contributed by atoms with E-state index in [0.717, 1.165) is 0 Å². The lowest BCUT2D eigenvalue weighted by atomic mass is 10.1. The Hall–Kier alpha value is -3.40. The van der Waals surface area contributed by atoms with Gasteiger partial charge in [0.05, 0.1) is 13.2 Å². The number of carbonyl (C=O) groups excluding carboxylic acids is 2. The fourth-order valence-electron chi connectivity index (χ4n) is 2.22. The fourth-order valence-corrected chi connectivity index (χ4v) is 2.22. The average Bonchev–Trinajstić information content (AvgIpc) is 2.86. The standard InChI is InChI=1S/C20H26O14/c21-5-11(23)15(27)19(31)17(29)13(25)7-33-9-2-1-3-10(4-9)34-8-14(26)18(30)20(32)16(28)12(24)6-22/h1-4,11-12,15-16,21-24,27-32H,5-8H2/b19-17+,20-18+. The van der Waals surface area contributed by atoms with E-state index in [9.17, 15) is 50.4 Å². The van der Waals surface area contributed by atoms with Gasteiger partial charge >= 0.3 is 0 Å². The van der Waals surface area contributed by atoms with E-state index in [0.29, 0.717) is 0 Å². The van der Waals surface area contributed by atoms with Crippen molar-refractivity contribution in [1.82, 2.24) is 0 Å². The van der Waals surface area contributed by atoms with Crippen molar-refractivity contribution >= 4 is 11.6 Å². The summed E-state index contributed by atoms with van der Waals surface area (Å²) in [6.45, 7) is -3.56. The van der Waals surface area contributed by atoms with Crippen LogP contribution < -0.4 is 9.47 Å². The maximum absolute atomic E-state index is 11.9. The molecule has 0 fully saturated rings. The van der Waals surface area contributed by atoms with Crippen LogP contribution in [-0.2, 0) is 9.59 Å². The van der Waals surface area contributed by atoms with Gasteiger partial charge in [0.2, 0.25) is 23.1 Å². The molecule has 0 aliphatic heterocycles. The third-order valence-corrected chi connectivity index (χ3v) is 4.22. The number of hydrogen-bond donors (Lipinski definition) is 10. The van der Waals surface area contributed by atoms with Crippen molar-refractivity contribution < 1.29 is 70.1 Å². The number of Topliss-reactive ketones (excluding diaryl/α,β-unsaturated/α-hetero) is 2. The summed E-state index contributed by atoms with van der Waals surface area (Å²) in [7, 11) is 0. The molecule has 0 aromatic heterocycles. The first-order valence-corrected chi connectivity index (χ1v) is 9.54. The Bertz CT molecular complexity index is 839. The highest BCUT2D eigenvalue weighted by atomic mass is 16.5. The molecule has 1 aromatic rings. The second kappa shape index (κ2) is 13.3. The maximum atomic E-state index is 11.9. The second-order valence-corrected chi connectivity index (χ2v) is 6.76. The van der Waals surface area contributed by atoms with Crippen LogP contribution in [0.3, 0.4) is 0 Å². The average molecular weight is 490 g/mol. The van der Waals surface area contributed by atoms with E-state index in [-0.39, 0.29) is 11.5 Å². The highest BCUT2D eigenvalue weighted by molar-refractivity contribution is 5.95. The summed E-state index contributed by atoms with van der Waals surface area (Å²) < 4.78 is 10.2. The van der Waals surface area contributed by atoms with Crippen LogP contribution in [0.5, 0.6) is 11.5 Å². The van der Waals surface area contributed by atoms with Gasteiger partial charge in [-0.2, -0.15) is 0 Å². The van der Waals surface area contributed by atoms with Crippen LogP contribution in [0.15, 0.2) is 47.3 Å². The molecule has 0 bridgehead atoms. The highest BCUT2D eigenvalue weighted by Gasteiger charge is 2.27. The van der Waals surface area contributed by atoms with Crippen LogP contribution >= 0.6 is 0 Å². The zero-order valence-electron chi connectivity index (χ0n) is 17.6. The molecular formula is C20H26O14. The molecule has 14 nitrogen and oxygen atoms in total. The number of rotatable bonds is 14. The monoisotopic (exact) mass is 490 g/mol. The number of ether oxygens (including phenoxy) is 2. The van der Waals surface area contributed by atoms with E-state index in [4.69, 9.17) is 19.7 Å². The van der Waals surface area contributed by atoms with Gasteiger partial charge in [0.1, 0.15) is 35.9 Å². The summed E-state index contributed by atoms with van der Waals surface area (Å²) in [4.78, 5) is 23.8. The van der Waals surface area contributed by atoms with Crippen LogP contribution in [0.4, 0.5) is 0 Å². The molecule has 0 aliphatic rings. The first-order valence-electron chi connectivity index (χ1n) is 9.54. The summed E-state index contributed by atoms with van der Waals surface area (Å²) in [5.74, 6) is -7.51. The minimum absolute atomic E-state index is 0.00867. The Kier molecular flexibility index (Phi) is 11.2. The van der Waals surface area contributed by atoms with Gasteiger partial charge in [-0.1, -0.05) is 6.07 Å². The third-order valence-electron chi connectivity index (χ3n) is 4.22. The predicted octanol–water partition coefficient (Wildman–Crippen LogP) is -2.33. The van der Waals surface area contributed by atoms with Crippen LogP contribution in [0.2, 0.25) is 0 Å². The SMILES string of the molecule is O=C(COc1cccc(OCC(=O)/C(O)=C(\O)C(O)C(O)CO)c1)/C(O)=C(\O)C(O)C(O)CO. The number of benzene rings is 1. The molecule has 0 saturated carbocycles. The second-order valence-electron chi connectivity index (χ2n) is 6.76. The van der Waals surface area contributed by atoms with E-state index in [1.165, 1.54) is 24.3 Å². The van der Waals surface area contributed by atoms with Crippen molar-refractivity contribution in [2.75, 3.05) is 26.4 Å². The van der Waals surface area contributed by atoms with Gasteiger partial charge in [0, 0.05) is 6.07 Å². The maximum Gasteiger partial charge on any atom is 0.238 e. The Morgan fingerprint density at radius 2 is 1.06 bits per heavy atom. The molecule has 0 spiro atoms. The zero-order valence-corrected chi connectivity index (χ0v) is 17.6. The Balaban J connectivity index is 2.76. The number of aliphatic hydroxyl groups excluding tert-OH is 10. The van der Waals surface area contributed by atoms with E-state index >= 15 is 0 Å². The topological polar surface area (TPSA) is 255 Å². The van der Waals surface area contributed by atoms with Crippen LogP contribution in [0.1, 0.15) is 0 Å². The quantitative estimate of drug-likeness (QED) is 0.0969. The first-order chi connectivity index (χ1) is 15.9. The van der Waals surface area contributed by atoms with Crippen molar-refractivity contribution in [3.05, 3.63) is 47.3 Å². The van der Waals surface area contributed by atoms with Crippen LogP contribution in [0, 0.1) is 0 Å². The van der Waals surface area contributed by atoms with Crippen molar-refractivity contribution in [3.8, 4) is 11.5 Å². The number of carbonyl (C=O) groups is 2. The number of ketones is 2. The lowest BCUT2D eigenvalue weighted by molar-refractivity contribution is -0.121. The van der Waals surface area contributed by atoms with Crippen molar-refractivity contribution in [2.45, 2.75) is 24.4 Å². The molecule has 1 aromatic carbocycles. The summed E-state index contributed by atoms with van der Waals surface area (Å²) in [6, 6.07) is 5.27. The molecule has 0 saturated heterocycles. The van der Waals surface area contributed by atoms with Gasteiger partial charge < -0.3 is 60.5 Å². The molecule has 1 rings (SSSR count). The van der Waals surface area contributed by atoms with Gasteiger partial charge in [-0.25, -0.2) is 0 Å². The largest absolute Gasteiger partial charge is 0.506 e. The van der Waals surface area contributed by atoms with Crippen molar-refractivity contribution in [2.24, 2.45) is 0 Å². The van der Waals surface area contributed by atoms with Crippen LogP contribution in [-0.4, -0.2) is 113 Å². The highest BCUT2D eigenvalue weighted by Crippen LogP contribution is 2.20. The molecule has 0 heterocycles. The zero-order chi connectivity index (χ0) is 26.0. The molecule has 14 heteroatoms. The molecular weight excluding hydrogens is 464 g/mol. The van der Waals surface area contributed by atoms with Gasteiger partial charge in [0.15, 0.2) is 24.7 Å². The van der Waals surface area contributed by atoms with Gasteiger partial charge in [-0.3, -0.25) is 9.59 Å². The molecule has 34 heavy (non-hydrogen) atoms. The minimum Gasteiger partial charge on any atom is -0.506 e. The molecule has 4 atom stereocenters. The summed E-state index contributed by atoms with van der Waals surface area (Å²) in [5, 5.41) is 93.3. The smallest absolute Gasteiger partial charge is 0.238 e. The lowest BCUT2D eigenvalue weighted by Crippen LogP contribution is -2.33. The molecule has 0 amide bonds. The van der Waals surface area contributed by atoms with E-state index in [1.807, 2.05) is 0 Å².